The Morgan fingerprint density at radius 2 is 2.05 bits per heavy atom. The maximum absolute atomic E-state index is 12.4. The minimum atomic E-state index is -0.347. The van der Waals surface area contributed by atoms with Gasteiger partial charge in [-0.15, -0.1) is 0 Å². The molecule has 118 valence electrons. The molecule has 0 spiro atoms. The summed E-state index contributed by atoms with van der Waals surface area (Å²) in [7, 11) is 1.90. The van der Waals surface area contributed by atoms with Crippen LogP contribution in [0.4, 0.5) is 5.82 Å². The maximum atomic E-state index is 12.4. The van der Waals surface area contributed by atoms with Gasteiger partial charge in [-0.25, -0.2) is 9.97 Å². The number of carbonyl (C=O) groups is 1. The lowest BCUT2D eigenvalue weighted by Gasteiger charge is -2.39. The molecule has 0 aromatic carbocycles. The summed E-state index contributed by atoms with van der Waals surface area (Å²) in [6.07, 6.45) is 3.43. The molecular formula is C16H23N5O. The number of hydrogen-bond acceptors (Lipinski definition) is 5. The van der Waals surface area contributed by atoms with Crippen LogP contribution in [0.2, 0.25) is 0 Å². The Labute approximate surface area is 131 Å². The molecule has 2 rings (SSSR count). The number of amides is 1. The van der Waals surface area contributed by atoms with Gasteiger partial charge in [-0.1, -0.05) is 20.8 Å². The molecule has 0 radical (unpaired) electrons. The van der Waals surface area contributed by atoms with Crippen molar-refractivity contribution in [1.29, 1.82) is 5.26 Å². The number of carbonyl (C=O) groups excluding carboxylic acids is 1. The van der Waals surface area contributed by atoms with Gasteiger partial charge in [0.2, 0.25) is 11.7 Å². The Balaban J connectivity index is 1.98. The predicted octanol–water partition coefficient (Wildman–Crippen LogP) is 1.82. The molecule has 0 bridgehead atoms. The number of aromatic nitrogens is 2. The molecule has 0 aliphatic carbocycles. The van der Waals surface area contributed by atoms with Crippen LogP contribution in [-0.4, -0.2) is 47.0 Å². The zero-order valence-corrected chi connectivity index (χ0v) is 13.7. The summed E-state index contributed by atoms with van der Waals surface area (Å²) in [5.41, 5.74) is -0.347. The Bertz CT molecular complexity index is 579. The third-order valence-corrected chi connectivity index (χ3v) is 4.04. The van der Waals surface area contributed by atoms with E-state index in [4.69, 9.17) is 5.26 Å². The normalized spacial score (nSPS) is 16.2. The van der Waals surface area contributed by atoms with Gasteiger partial charge in [0, 0.05) is 37.8 Å². The second-order valence-electron chi connectivity index (χ2n) is 6.73. The molecule has 22 heavy (non-hydrogen) atoms. The van der Waals surface area contributed by atoms with Crippen LogP contribution in [0, 0.1) is 16.7 Å². The van der Waals surface area contributed by atoms with Crippen LogP contribution in [0.5, 0.6) is 0 Å². The Kier molecular flexibility index (Phi) is 4.65. The third kappa shape index (κ3) is 3.53. The zero-order valence-electron chi connectivity index (χ0n) is 13.7. The minimum Gasteiger partial charge on any atom is -0.356 e. The summed E-state index contributed by atoms with van der Waals surface area (Å²) in [5.74, 6) is 1.16. The van der Waals surface area contributed by atoms with Gasteiger partial charge in [-0.2, -0.15) is 5.26 Å². The van der Waals surface area contributed by atoms with E-state index in [2.05, 4.69) is 14.9 Å². The standard InChI is InChI=1S/C16H23N5O/c1-16(2,3)15(22)20(4)12-6-9-21(10-7-12)14-5-8-18-13(11-17)19-14/h5,8,12H,6-7,9-10H2,1-4H3. The van der Waals surface area contributed by atoms with Crippen molar-refractivity contribution in [2.75, 3.05) is 25.0 Å². The molecule has 1 aromatic heterocycles. The van der Waals surface area contributed by atoms with E-state index in [9.17, 15) is 4.79 Å². The number of nitriles is 1. The summed E-state index contributed by atoms with van der Waals surface area (Å²) < 4.78 is 0. The molecule has 0 saturated carbocycles. The number of nitrogens with zero attached hydrogens (tertiary/aromatic N) is 5. The van der Waals surface area contributed by atoms with Crippen LogP contribution < -0.4 is 4.90 Å². The van der Waals surface area contributed by atoms with Crippen molar-refractivity contribution in [3.8, 4) is 6.07 Å². The lowest BCUT2D eigenvalue weighted by atomic mass is 9.92. The molecule has 2 heterocycles. The summed E-state index contributed by atoms with van der Waals surface area (Å²) in [6, 6.07) is 4.05. The first-order valence-electron chi connectivity index (χ1n) is 7.58. The highest BCUT2D eigenvalue weighted by Crippen LogP contribution is 2.24. The molecule has 1 amide bonds. The SMILES string of the molecule is CN(C(=O)C(C)(C)C)C1CCN(c2ccnc(C#N)n2)CC1. The number of anilines is 1. The van der Waals surface area contributed by atoms with Crippen molar-refractivity contribution < 1.29 is 4.79 Å². The maximum Gasteiger partial charge on any atom is 0.234 e. The van der Waals surface area contributed by atoms with Crippen molar-refractivity contribution in [2.45, 2.75) is 39.7 Å². The molecule has 1 aromatic rings. The average molecular weight is 301 g/mol. The number of hydrogen-bond donors (Lipinski definition) is 0. The van der Waals surface area contributed by atoms with Crippen LogP contribution in [0.25, 0.3) is 0 Å². The second kappa shape index (κ2) is 6.30. The van der Waals surface area contributed by atoms with E-state index in [1.807, 2.05) is 44.9 Å². The van der Waals surface area contributed by atoms with E-state index in [0.29, 0.717) is 0 Å². The van der Waals surface area contributed by atoms with E-state index in [1.54, 1.807) is 6.20 Å². The summed E-state index contributed by atoms with van der Waals surface area (Å²) in [5, 5.41) is 8.87. The summed E-state index contributed by atoms with van der Waals surface area (Å²) >= 11 is 0. The van der Waals surface area contributed by atoms with E-state index < -0.39 is 0 Å². The highest BCUT2D eigenvalue weighted by Gasteiger charge is 2.31. The molecule has 0 N–H and O–H groups in total. The fourth-order valence-corrected chi connectivity index (χ4v) is 2.76. The minimum absolute atomic E-state index is 0.180. The average Bonchev–Trinajstić information content (AvgIpc) is 2.53. The van der Waals surface area contributed by atoms with Gasteiger partial charge in [-0.05, 0) is 18.9 Å². The van der Waals surface area contributed by atoms with E-state index >= 15 is 0 Å². The number of piperidine rings is 1. The van der Waals surface area contributed by atoms with Gasteiger partial charge in [0.25, 0.3) is 0 Å². The molecule has 0 unspecified atom stereocenters. The monoisotopic (exact) mass is 301 g/mol. The van der Waals surface area contributed by atoms with Crippen LogP contribution in [0.1, 0.15) is 39.4 Å². The zero-order chi connectivity index (χ0) is 16.3. The fraction of sp³-hybridized carbons (Fsp3) is 0.625. The van der Waals surface area contributed by atoms with Crippen LogP contribution in [0.3, 0.4) is 0 Å². The quantitative estimate of drug-likeness (QED) is 0.833. The molecule has 6 nitrogen and oxygen atoms in total. The van der Waals surface area contributed by atoms with E-state index in [0.717, 1.165) is 31.7 Å². The first kappa shape index (κ1) is 16.2. The van der Waals surface area contributed by atoms with Gasteiger partial charge in [0.15, 0.2) is 0 Å². The smallest absolute Gasteiger partial charge is 0.234 e. The van der Waals surface area contributed by atoms with Crippen molar-refractivity contribution in [2.24, 2.45) is 5.41 Å². The summed E-state index contributed by atoms with van der Waals surface area (Å²) in [6.45, 7) is 7.50. The number of rotatable bonds is 2. The van der Waals surface area contributed by atoms with Crippen molar-refractivity contribution in [3.63, 3.8) is 0 Å². The predicted molar refractivity (Wildman–Crippen MR) is 84.2 cm³/mol. The molecule has 6 heteroatoms. The van der Waals surface area contributed by atoms with Crippen LogP contribution in [0.15, 0.2) is 12.3 Å². The Hall–Kier alpha value is -2.16. The Morgan fingerprint density at radius 1 is 1.41 bits per heavy atom. The van der Waals surface area contributed by atoms with Gasteiger partial charge in [0.05, 0.1) is 0 Å². The highest BCUT2D eigenvalue weighted by molar-refractivity contribution is 5.81. The molecule has 0 atom stereocenters. The molecular weight excluding hydrogens is 278 g/mol. The lowest BCUT2D eigenvalue weighted by Crippen LogP contribution is -2.48. The summed E-state index contributed by atoms with van der Waals surface area (Å²) in [4.78, 5) is 24.5. The molecule has 1 saturated heterocycles. The fourth-order valence-electron chi connectivity index (χ4n) is 2.76. The highest BCUT2D eigenvalue weighted by atomic mass is 16.2. The van der Waals surface area contributed by atoms with Gasteiger partial charge in [0.1, 0.15) is 11.9 Å². The molecule has 1 aliphatic heterocycles. The first-order chi connectivity index (χ1) is 10.3. The van der Waals surface area contributed by atoms with E-state index in [-0.39, 0.29) is 23.2 Å². The second-order valence-corrected chi connectivity index (χ2v) is 6.73. The molecule has 1 fully saturated rings. The van der Waals surface area contributed by atoms with Crippen molar-refractivity contribution in [3.05, 3.63) is 18.1 Å². The van der Waals surface area contributed by atoms with Crippen molar-refractivity contribution >= 4 is 11.7 Å². The van der Waals surface area contributed by atoms with Gasteiger partial charge < -0.3 is 9.80 Å². The third-order valence-electron chi connectivity index (χ3n) is 4.04. The van der Waals surface area contributed by atoms with Gasteiger partial charge >= 0.3 is 0 Å². The topological polar surface area (TPSA) is 73.1 Å². The van der Waals surface area contributed by atoms with Crippen molar-refractivity contribution in [1.82, 2.24) is 14.9 Å². The lowest BCUT2D eigenvalue weighted by molar-refractivity contribution is -0.140. The van der Waals surface area contributed by atoms with Crippen LogP contribution in [-0.2, 0) is 4.79 Å². The largest absolute Gasteiger partial charge is 0.356 e. The Morgan fingerprint density at radius 3 is 2.59 bits per heavy atom. The van der Waals surface area contributed by atoms with Crippen LogP contribution >= 0.6 is 0 Å². The first-order valence-corrected chi connectivity index (χ1v) is 7.58. The molecule has 1 aliphatic rings. The van der Waals surface area contributed by atoms with E-state index in [1.165, 1.54) is 0 Å². The van der Waals surface area contributed by atoms with Gasteiger partial charge in [-0.3, -0.25) is 4.79 Å².